The van der Waals surface area contributed by atoms with Crippen LogP contribution in [0.25, 0.3) is 0 Å². The second kappa shape index (κ2) is 5.24. The third kappa shape index (κ3) is 2.04. The molecule has 1 fully saturated rings. The SMILES string of the molecule is N#C[C@@]1(CO)[C@H](S(=O)(=O)c2ccccc2)[C@@H]1c1ccccc1. The minimum atomic E-state index is -3.68. The molecule has 0 aromatic heterocycles. The highest BCUT2D eigenvalue weighted by Gasteiger charge is 2.72. The molecule has 112 valence electrons. The van der Waals surface area contributed by atoms with Crippen molar-refractivity contribution in [3.8, 4) is 6.07 Å². The van der Waals surface area contributed by atoms with Crippen LogP contribution in [0, 0.1) is 16.7 Å². The van der Waals surface area contributed by atoms with Gasteiger partial charge in [-0.1, -0.05) is 48.5 Å². The zero-order valence-corrected chi connectivity index (χ0v) is 12.6. The average Bonchev–Trinajstić information content (AvgIpc) is 3.27. The molecule has 2 aromatic carbocycles. The molecule has 0 spiro atoms. The third-order valence-corrected chi connectivity index (χ3v) is 6.58. The molecule has 1 saturated carbocycles. The summed E-state index contributed by atoms with van der Waals surface area (Å²) in [5.41, 5.74) is -0.502. The van der Waals surface area contributed by atoms with E-state index in [1.807, 2.05) is 12.1 Å². The second-order valence-electron chi connectivity index (χ2n) is 5.48. The van der Waals surface area contributed by atoms with Crippen LogP contribution in [-0.2, 0) is 9.84 Å². The Hall–Kier alpha value is -2.16. The van der Waals surface area contributed by atoms with Crippen molar-refractivity contribution in [1.82, 2.24) is 0 Å². The van der Waals surface area contributed by atoms with Gasteiger partial charge in [0.15, 0.2) is 9.84 Å². The van der Waals surface area contributed by atoms with Gasteiger partial charge >= 0.3 is 0 Å². The summed E-state index contributed by atoms with van der Waals surface area (Å²) in [5, 5.41) is 18.3. The lowest BCUT2D eigenvalue weighted by Crippen LogP contribution is -2.18. The Balaban J connectivity index is 2.08. The van der Waals surface area contributed by atoms with E-state index in [2.05, 4.69) is 0 Å². The fraction of sp³-hybridized carbons (Fsp3) is 0.235. The first kappa shape index (κ1) is 14.8. The van der Waals surface area contributed by atoms with E-state index in [0.717, 1.165) is 5.56 Å². The molecular weight excluding hydrogens is 298 g/mol. The van der Waals surface area contributed by atoms with Gasteiger partial charge in [0.25, 0.3) is 0 Å². The summed E-state index contributed by atoms with van der Waals surface area (Å²) in [6, 6.07) is 19.2. The minimum Gasteiger partial charge on any atom is -0.395 e. The predicted molar refractivity (Wildman–Crippen MR) is 81.7 cm³/mol. The fourth-order valence-electron chi connectivity index (χ4n) is 3.11. The van der Waals surface area contributed by atoms with E-state index >= 15 is 0 Å². The quantitative estimate of drug-likeness (QED) is 0.938. The largest absolute Gasteiger partial charge is 0.395 e. The normalized spacial score (nSPS) is 27.1. The van der Waals surface area contributed by atoms with E-state index in [1.54, 1.807) is 42.5 Å². The van der Waals surface area contributed by atoms with Gasteiger partial charge in [-0.25, -0.2) is 8.42 Å². The smallest absolute Gasteiger partial charge is 0.183 e. The Morgan fingerprint density at radius 2 is 1.59 bits per heavy atom. The molecule has 5 heteroatoms. The van der Waals surface area contributed by atoms with Gasteiger partial charge in [0.05, 0.1) is 22.8 Å². The summed E-state index contributed by atoms with van der Waals surface area (Å²) < 4.78 is 25.7. The molecule has 4 nitrogen and oxygen atoms in total. The summed E-state index contributed by atoms with van der Waals surface area (Å²) in [6.07, 6.45) is 0. The van der Waals surface area contributed by atoms with Gasteiger partial charge in [0, 0.05) is 5.92 Å². The molecule has 0 amide bonds. The first-order chi connectivity index (χ1) is 10.6. The van der Waals surface area contributed by atoms with Crippen LogP contribution < -0.4 is 0 Å². The Bertz CT molecular complexity index is 812. The van der Waals surface area contributed by atoms with Crippen molar-refractivity contribution in [1.29, 1.82) is 5.26 Å². The fourth-order valence-corrected chi connectivity index (χ4v) is 5.44. The van der Waals surface area contributed by atoms with Crippen LogP contribution in [0.5, 0.6) is 0 Å². The Kier molecular flexibility index (Phi) is 3.51. The molecule has 3 atom stereocenters. The average molecular weight is 313 g/mol. The predicted octanol–water partition coefficient (Wildman–Crippen LogP) is 2.13. The summed E-state index contributed by atoms with van der Waals surface area (Å²) >= 11 is 0. The molecule has 1 aliphatic carbocycles. The van der Waals surface area contributed by atoms with E-state index in [4.69, 9.17) is 0 Å². The zero-order valence-electron chi connectivity index (χ0n) is 11.8. The van der Waals surface area contributed by atoms with Gasteiger partial charge in [-0.05, 0) is 17.7 Å². The maximum atomic E-state index is 12.8. The molecular formula is C17H15NO3S. The molecule has 0 unspecified atom stereocenters. The van der Waals surface area contributed by atoms with Crippen molar-refractivity contribution in [3.05, 3.63) is 66.2 Å². The number of nitriles is 1. The summed E-state index contributed by atoms with van der Waals surface area (Å²) in [6.45, 7) is -0.472. The number of rotatable bonds is 4. The monoisotopic (exact) mass is 313 g/mol. The van der Waals surface area contributed by atoms with Crippen LogP contribution in [0.4, 0.5) is 0 Å². The number of hydrogen-bond acceptors (Lipinski definition) is 4. The zero-order chi connectivity index (χ0) is 15.8. The van der Waals surface area contributed by atoms with Crippen LogP contribution in [0.2, 0.25) is 0 Å². The van der Waals surface area contributed by atoms with E-state index in [9.17, 15) is 18.8 Å². The number of hydrogen-bond donors (Lipinski definition) is 1. The molecule has 0 radical (unpaired) electrons. The highest BCUT2D eigenvalue weighted by Crippen LogP contribution is 2.63. The lowest BCUT2D eigenvalue weighted by molar-refractivity contribution is 0.242. The van der Waals surface area contributed by atoms with Crippen LogP contribution in [-0.4, -0.2) is 25.4 Å². The maximum Gasteiger partial charge on any atom is 0.183 e. The molecule has 0 bridgehead atoms. The summed E-state index contributed by atoms with van der Waals surface area (Å²) in [5.74, 6) is -0.506. The molecule has 0 saturated heterocycles. The third-order valence-electron chi connectivity index (χ3n) is 4.29. The Labute approximate surface area is 129 Å². The molecule has 1 N–H and O–H groups in total. The molecule has 3 rings (SSSR count). The summed E-state index contributed by atoms with van der Waals surface area (Å²) in [7, 11) is -3.68. The van der Waals surface area contributed by atoms with Crippen molar-refractivity contribution >= 4 is 9.84 Å². The van der Waals surface area contributed by atoms with E-state index < -0.39 is 33.0 Å². The minimum absolute atomic E-state index is 0.187. The number of benzene rings is 2. The lowest BCUT2D eigenvalue weighted by Gasteiger charge is -2.05. The molecule has 2 aromatic rings. The number of nitrogens with zero attached hydrogens (tertiary/aromatic N) is 1. The number of aliphatic hydroxyl groups is 1. The number of sulfone groups is 1. The van der Waals surface area contributed by atoms with Gasteiger partial charge in [-0.3, -0.25) is 0 Å². The first-order valence-corrected chi connectivity index (χ1v) is 8.48. The lowest BCUT2D eigenvalue weighted by atomic mass is 10.0. The summed E-state index contributed by atoms with van der Waals surface area (Å²) in [4.78, 5) is 0.187. The van der Waals surface area contributed by atoms with Crippen molar-refractivity contribution in [2.75, 3.05) is 6.61 Å². The van der Waals surface area contributed by atoms with Crippen molar-refractivity contribution in [2.24, 2.45) is 5.41 Å². The second-order valence-corrected chi connectivity index (χ2v) is 7.55. The van der Waals surface area contributed by atoms with Crippen molar-refractivity contribution in [3.63, 3.8) is 0 Å². The van der Waals surface area contributed by atoms with Crippen LogP contribution in [0.3, 0.4) is 0 Å². The highest BCUT2D eigenvalue weighted by atomic mass is 32.2. The molecule has 22 heavy (non-hydrogen) atoms. The van der Waals surface area contributed by atoms with Gasteiger partial charge in [0.2, 0.25) is 0 Å². The Morgan fingerprint density at radius 1 is 1.05 bits per heavy atom. The maximum absolute atomic E-state index is 12.8. The number of aliphatic hydroxyl groups excluding tert-OH is 1. The van der Waals surface area contributed by atoms with Crippen molar-refractivity contribution in [2.45, 2.75) is 16.1 Å². The van der Waals surface area contributed by atoms with Crippen LogP contribution in [0.1, 0.15) is 11.5 Å². The van der Waals surface area contributed by atoms with Crippen LogP contribution >= 0.6 is 0 Å². The van der Waals surface area contributed by atoms with E-state index in [-0.39, 0.29) is 4.90 Å². The van der Waals surface area contributed by atoms with Gasteiger partial charge in [0.1, 0.15) is 5.41 Å². The van der Waals surface area contributed by atoms with Gasteiger partial charge in [-0.2, -0.15) is 5.26 Å². The molecule has 1 aliphatic rings. The van der Waals surface area contributed by atoms with E-state index in [1.165, 1.54) is 12.1 Å². The molecule has 0 heterocycles. The van der Waals surface area contributed by atoms with Gasteiger partial charge < -0.3 is 5.11 Å². The standard InChI is InChI=1S/C17H15NO3S/c18-11-17(12-19)15(13-7-3-1-4-8-13)16(17)22(20,21)14-9-5-2-6-10-14/h1-10,15-16,19H,12H2/t15-,16+,17-/m0/s1. The van der Waals surface area contributed by atoms with Crippen LogP contribution in [0.15, 0.2) is 65.6 Å². The van der Waals surface area contributed by atoms with Gasteiger partial charge in [-0.15, -0.1) is 0 Å². The first-order valence-electron chi connectivity index (χ1n) is 6.94. The molecule has 0 aliphatic heterocycles. The highest BCUT2D eigenvalue weighted by molar-refractivity contribution is 7.92. The Morgan fingerprint density at radius 3 is 2.09 bits per heavy atom. The van der Waals surface area contributed by atoms with E-state index in [0.29, 0.717) is 0 Å². The van der Waals surface area contributed by atoms with Crippen molar-refractivity contribution < 1.29 is 13.5 Å². The topological polar surface area (TPSA) is 78.2 Å².